The van der Waals surface area contributed by atoms with Crippen LogP contribution in [0.2, 0.25) is 0 Å². The summed E-state index contributed by atoms with van der Waals surface area (Å²) in [5, 5.41) is 25.4. The van der Waals surface area contributed by atoms with Gasteiger partial charge in [-0.05, 0) is 66.1 Å². The number of ether oxygens (including phenoxy) is 1. The smallest absolute Gasteiger partial charge is 0.377 e. The lowest BCUT2D eigenvalue weighted by Gasteiger charge is -2.46. The molecule has 0 radical (unpaired) electrons. The van der Waals surface area contributed by atoms with E-state index < -0.39 is 23.1 Å². The summed E-state index contributed by atoms with van der Waals surface area (Å²) in [6, 6.07) is 12.3. The van der Waals surface area contributed by atoms with Crippen molar-refractivity contribution in [2.75, 3.05) is 31.6 Å². The van der Waals surface area contributed by atoms with E-state index in [1.54, 1.807) is 25.2 Å². The molecule has 1 saturated carbocycles. The number of hydrogen-bond donors (Lipinski definition) is 2. The van der Waals surface area contributed by atoms with Crippen LogP contribution in [0, 0.1) is 34.0 Å². The Morgan fingerprint density at radius 3 is 2.74 bits per heavy atom. The Bertz CT molecular complexity index is 1470. The number of carbonyl (C=O) groups is 1. The highest BCUT2D eigenvalue weighted by atomic mass is 19.4. The lowest BCUT2D eigenvalue weighted by Crippen LogP contribution is -2.44. The first-order valence-electron chi connectivity index (χ1n) is 14.2. The molecular weight excluding hydrogens is 545 g/mol. The van der Waals surface area contributed by atoms with Crippen LogP contribution in [-0.4, -0.2) is 60.7 Å². The molecule has 11 heteroatoms. The van der Waals surface area contributed by atoms with Crippen molar-refractivity contribution in [1.82, 2.24) is 9.80 Å². The van der Waals surface area contributed by atoms with Gasteiger partial charge in [0.2, 0.25) is 0 Å². The van der Waals surface area contributed by atoms with Gasteiger partial charge < -0.3 is 14.5 Å². The molecule has 220 valence electrons. The van der Waals surface area contributed by atoms with Gasteiger partial charge in [0, 0.05) is 55.7 Å². The first-order chi connectivity index (χ1) is 20.0. The maximum Gasteiger partial charge on any atom is 0.416 e. The Morgan fingerprint density at radius 2 is 2.05 bits per heavy atom. The number of hydrogen-bond acceptors (Lipinski definition) is 6. The van der Waals surface area contributed by atoms with Crippen molar-refractivity contribution >= 4 is 23.8 Å². The fourth-order valence-electron chi connectivity index (χ4n) is 7.15. The first kappa shape index (κ1) is 28.4. The fraction of sp³-hybridized carbons (Fsp3) is 0.484. The van der Waals surface area contributed by atoms with Crippen LogP contribution in [0.1, 0.15) is 58.3 Å². The molecule has 42 heavy (non-hydrogen) atoms. The van der Waals surface area contributed by atoms with E-state index in [0.717, 1.165) is 24.9 Å². The zero-order chi connectivity index (χ0) is 29.8. The van der Waals surface area contributed by atoms with Crippen LogP contribution < -0.4 is 4.90 Å². The van der Waals surface area contributed by atoms with Crippen LogP contribution in [0.15, 0.2) is 36.4 Å². The van der Waals surface area contributed by atoms with Crippen molar-refractivity contribution < 1.29 is 22.7 Å². The van der Waals surface area contributed by atoms with Crippen LogP contribution in [0.25, 0.3) is 0 Å². The first-order valence-corrected chi connectivity index (χ1v) is 14.2. The third kappa shape index (κ3) is 5.07. The normalized spacial score (nSPS) is 26.9. The van der Waals surface area contributed by atoms with Crippen LogP contribution in [-0.2, 0) is 29.4 Å². The molecule has 3 fully saturated rings. The molecule has 1 aliphatic carbocycles. The predicted molar refractivity (Wildman–Crippen MR) is 150 cm³/mol. The van der Waals surface area contributed by atoms with Gasteiger partial charge in [0.05, 0.1) is 37.2 Å². The summed E-state index contributed by atoms with van der Waals surface area (Å²) in [4.78, 5) is 18.6. The predicted octanol–water partition coefficient (Wildman–Crippen LogP) is 5.16. The van der Waals surface area contributed by atoms with E-state index in [-0.39, 0.29) is 35.5 Å². The average Bonchev–Trinajstić information content (AvgIpc) is 3.46. The number of fused-ring (bicyclic) bond motifs is 3. The maximum absolute atomic E-state index is 14.3. The number of alkyl halides is 3. The van der Waals surface area contributed by atoms with Gasteiger partial charge in [-0.25, -0.2) is 0 Å². The molecule has 2 atom stereocenters. The molecular formula is C31H33F3N6O2. The molecule has 2 unspecified atom stereocenters. The Labute approximate surface area is 242 Å². The van der Waals surface area contributed by atoms with Crippen LogP contribution in [0.4, 0.5) is 18.9 Å². The third-order valence-corrected chi connectivity index (χ3v) is 9.31. The lowest BCUT2D eigenvalue weighted by atomic mass is 9.57. The van der Waals surface area contributed by atoms with Crippen LogP contribution in [0.3, 0.4) is 0 Å². The quantitative estimate of drug-likeness (QED) is 0.349. The minimum atomic E-state index is -4.61. The highest BCUT2D eigenvalue weighted by Crippen LogP contribution is 2.51. The number of likely N-dealkylation sites (tertiary alicyclic amines) is 1. The van der Waals surface area contributed by atoms with Crippen molar-refractivity contribution in [2.24, 2.45) is 11.8 Å². The zero-order valence-corrected chi connectivity index (χ0v) is 23.4. The number of amidine groups is 1. The van der Waals surface area contributed by atoms with Gasteiger partial charge in [0.25, 0.3) is 5.91 Å². The SMILES string of the molecule is CN(C=N)C(=N)CC1(c2cccc(N3Cc4c(cc(CN5CC6COC(C6)C5)cc4C(F)(F)F)C3=O)c2)CC(C#N)C1. The summed E-state index contributed by atoms with van der Waals surface area (Å²) in [6.07, 6.45) is -1.09. The fourth-order valence-corrected chi connectivity index (χ4v) is 7.15. The van der Waals surface area contributed by atoms with E-state index in [4.69, 9.17) is 15.6 Å². The highest BCUT2D eigenvalue weighted by Gasteiger charge is 2.47. The van der Waals surface area contributed by atoms with Gasteiger partial charge in [-0.3, -0.25) is 20.5 Å². The summed E-state index contributed by atoms with van der Waals surface area (Å²) in [5.74, 6) is -0.0161. The molecule has 2 N–H and O–H groups in total. The Balaban J connectivity index is 1.30. The van der Waals surface area contributed by atoms with Gasteiger partial charge in [0.1, 0.15) is 5.84 Å². The van der Waals surface area contributed by atoms with E-state index in [1.165, 1.54) is 15.9 Å². The molecule has 2 bridgehead atoms. The summed E-state index contributed by atoms with van der Waals surface area (Å²) in [5.41, 5.74) is 0.559. The molecule has 0 spiro atoms. The minimum absolute atomic E-state index is 0.0130. The molecule has 3 heterocycles. The number of nitrogens with one attached hydrogen (secondary N) is 2. The van der Waals surface area contributed by atoms with E-state index in [2.05, 4.69) is 11.0 Å². The molecule has 8 nitrogen and oxygen atoms in total. The molecule has 2 saturated heterocycles. The van der Waals surface area contributed by atoms with Crippen LogP contribution in [0.5, 0.6) is 0 Å². The number of nitrogens with zero attached hydrogens (tertiary/aromatic N) is 4. The minimum Gasteiger partial charge on any atom is -0.377 e. The molecule has 2 aromatic carbocycles. The molecule has 2 aromatic rings. The van der Waals surface area contributed by atoms with Gasteiger partial charge >= 0.3 is 6.18 Å². The summed E-state index contributed by atoms with van der Waals surface area (Å²) >= 11 is 0. The average molecular weight is 579 g/mol. The second kappa shape index (κ2) is 10.5. The second-order valence-electron chi connectivity index (χ2n) is 12.2. The number of halogens is 3. The van der Waals surface area contributed by atoms with Gasteiger partial charge in [0.15, 0.2) is 0 Å². The standard InChI is InChI=1S/C31H33F3N6O2/c1-38(18-36)28(37)11-30(9-21(10-30)12-35)22-3-2-4-23(8-22)40-16-26-25(29(40)41)6-19(7-27(26)31(32,33)34)13-39-14-20-5-24(15-39)42-17-20/h2-4,6-8,18,20-21,24,36-37H,5,9-11,13-17H2,1H3. The second-order valence-corrected chi connectivity index (χ2v) is 12.2. The third-order valence-electron chi connectivity index (χ3n) is 9.31. The number of carbonyl (C=O) groups excluding carboxylic acids is 1. The van der Waals surface area contributed by atoms with Crippen LogP contribution >= 0.6 is 0 Å². The van der Waals surface area contributed by atoms with Gasteiger partial charge in [-0.15, -0.1) is 0 Å². The Morgan fingerprint density at radius 1 is 1.26 bits per heavy atom. The monoisotopic (exact) mass is 578 g/mol. The Hall–Kier alpha value is -3.75. The number of nitriles is 1. The van der Waals surface area contributed by atoms with E-state index in [9.17, 15) is 23.2 Å². The largest absolute Gasteiger partial charge is 0.416 e. The molecule has 4 aliphatic rings. The number of anilines is 1. The molecule has 3 aliphatic heterocycles. The molecule has 1 amide bonds. The van der Waals surface area contributed by atoms with E-state index in [0.29, 0.717) is 56.1 Å². The van der Waals surface area contributed by atoms with E-state index in [1.807, 2.05) is 12.1 Å². The number of benzene rings is 2. The summed E-state index contributed by atoms with van der Waals surface area (Å²) in [6.45, 7) is 2.26. The topological polar surface area (TPSA) is 108 Å². The van der Waals surface area contributed by atoms with Crippen molar-refractivity contribution in [1.29, 1.82) is 16.1 Å². The maximum atomic E-state index is 14.3. The van der Waals surface area contributed by atoms with Crippen molar-refractivity contribution in [3.05, 3.63) is 64.2 Å². The van der Waals surface area contributed by atoms with Crippen molar-refractivity contribution in [3.63, 3.8) is 0 Å². The van der Waals surface area contributed by atoms with Crippen molar-refractivity contribution in [3.8, 4) is 6.07 Å². The van der Waals surface area contributed by atoms with Gasteiger partial charge in [-0.1, -0.05) is 12.1 Å². The molecule has 6 rings (SSSR count). The Kier molecular flexibility index (Phi) is 7.10. The van der Waals surface area contributed by atoms with Crippen molar-refractivity contribution in [2.45, 2.75) is 56.5 Å². The van der Waals surface area contributed by atoms with Gasteiger partial charge in [-0.2, -0.15) is 18.4 Å². The summed E-state index contributed by atoms with van der Waals surface area (Å²) in [7, 11) is 1.62. The summed E-state index contributed by atoms with van der Waals surface area (Å²) < 4.78 is 48.7. The number of amides is 1. The molecule has 0 aromatic heterocycles. The highest BCUT2D eigenvalue weighted by molar-refractivity contribution is 6.10. The zero-order valence-electron chi connectivity index (χ0n) is 23.4. The lowest BCUT2D eigenvalue weighted by molar-refractivity contribution is -0.138. The number of rotatable bonds is 7. The van der Waals surface area contributed by atoms with E-state index >= 15 is 0 Å². The number of piperidine rings is 1.